The maximum Gasteiger partial charge on any atom is 0.492 e. The molecule has 3 nitrogen and oxygen atoms in total. The molecule has 2 aromatic rings. The van der Waals surface area contributed by atoms with E-state index in [4.69, 9.17) is 4.74 Å². The molecule has 0 saturated heterocycles. The Balaban J connectivity index is 2.45. The van der Waals surface area contributed by atoms with Crippen LogP contribution in [0.3, 0.4) is 0 Å². The van der Waals surface area contributed by atoms with Gasteiger partial charge in [0.15, 0.2) is 0 Å². The van der Waals surface area contributed by atoms with Crippen molar-refractivity contribution in [3.8, 4) is 5.75 Å². The first-order valence-electron chi connectivity index (χ1n) is 5.85. The minimum absolute atomic E-state index is 0.414. The number of ether oxygens (including phenoxy) is 1. The average molecular weight is 242 g/mol. The molecule has 0 spiro atoms. The smallest absolute Gasteiger partial charge is 0.492 e. The van der Waals surface area contributed by atoms with E-state index in [1.165, 1.54) is 0 Å². The summed E-state index contributed by atoms with van der Waals surface area (Å²) < 4.78 is 5.56. The number of benzene rings is 2. The third-order valence-electron chi connectivity index (χ3n) is 2.77. The largest absolute Gasteiger partial charge is 0.494 e. The van der Waals surface area contributed by atoms with Gasteiger partial charge in [0.1, 0.15) is 5.75 Å². The van der Waals surface area contributed by atoms with Gasteiger partial charge in [-0.05, 0) is 23.3 Å². The van der Waals surface area contributed by atoms with Crippen LogP contribution < -0.4 is 10.2 Å². The summed E-state index contributed by atoms with van der Waals surface area (Å²) in [5, 5.41) is 20.8. The number of hydrogen-bond acceptors (Lipinski definition) is 3. The van der Waals surface area contributed by atoms with E-state index in [1.54, 1.807) is 12.1 Å². The van der Waals surface area contributed by atoms with Crippen LogP contribution in [-0.4, -0.2) is 23.8 Å². The first-order chi connectivity index (χ1) is 8.74. The Bertz CT molecular complexity index is 552. The zero-order valence-corrected chi connectivity index (χ0v) is 10.0. The SMILES string of the molecule is C=CCCOc1ccc2ccccc2c1B(O)O. The fourth-order valence-electron chi connectivity index (χ4n) is 1.92. The maximum absolute atomic E-state index is 9.51. The van der Waals surface area contributed by atoms with Gasteiger partial charge in [-0.25, -0.2) is 0 Å². The van der Waals surface area contributed by atoms with E-state index in [9.17, 15) is 10.0 Å². The Hall–Kier alpha value is -1.78. The molecule has 2 rings (SSSR count). The quantitative estimate of drug-likeness (QED) is 0.474. The molecule has 18 heavy (non-hydrogen) atoms. The van der Waals surface area contributed by atoms with E-state index >= 15 is 0 Å². The Morgan fingerprint density at radius 2 is 1.94 bits per heavy atom. The first-order valence-corrected chi connectivity index (χ1v) is 5.85. The molecule has 0 aliphatic heterocycles. The molecule has 0 heterocycles. The molecular weight excluding hydrogens is 227 g/mol. The van der Waals surface area contributed by atoms with Gasteiger partial charge in [0.25, 0.3) is 0 Å². The fourth-order valence-corrected chi connectivity index (χ4v) is 1.92. The van der Waals surface area contributed by atoms with Crippen LogP contribution in [0.4, 0.5) is 0 Å². The highest BCUT2D eigenvalue weighted by molar-refractivity contribution is 6.63. The molecule has 0 aliphatic carbocycles. The van der Waals surface area contributed by atoms with E-state index in [1.807, 2.05) is 30.3 Å². The number of fused-ring (bicyclic) bond motifs is 1. The van der Waals surface area contributed by atoms with Crippen LogP contribution in [-0.2, 0) is 0 Å². The summed E-state index contributed by atoms with van der Waals surface area (Å²) in [7, 11) is -1.55. The lowest BCUT2D eigenvalue weighted by molar-refractivity contribution is 0.325. The van der Waals surface area contributed by atoms with Gasteiger partial charge < -0.3 is 14.8 Å². The third kappa shape index (κ3) is 2.55. The summed E-state index contributed by atoms with van der Waals surface area (Å²) in [5.41, 5.74) is 0.414. The Kier molecular flexibility index (Phi) is 4.02. The van der Waals surface area contributed by atoms with E-state index in [0.29, 0.717) is 24.2 Å². The van der Waals surface area contributed by atoms with Crippen LogP contribution in [0.2, 0.25) is 0 Å². The van der Waals surface area contributed by atoms with Crippen molar-refractivity contribution in [2.45, 2.75) is 6.42 Å². The Morgan fingerprint density at radius 3 is 2.67 bits per heavy atom. The van der Waals surface area contributed by atoms with E-state index in [0.717, 1.165) is 10.8 Å². The molecule has 0 fully saturated rings. The maximum atomic E-state index is 9.51. The van der Waals surface area contributed by atoms with Gasteiger partial charge in [0.05, 0.1) is 6.61 Å². The molecule has 2 N–H and O–H groups in total. The van der Waals surface area contributed by atoms with Gasteiger partial charge in [0.2, 0.25) is 0 Å². The first kappa shape index (κ1) is 12.7. The average Bonchev–Trinajstić information content (AvgIpc) is 2.38. The summed E-state index contributed by atoms with van der Waals surface area (Å²) in [6.45, 7) is 4.09. The minimum atomic E-state index is -1.55. The topological polar surface area (TPSA) is 49.7 Å². The van der Waals surface area contributed by atoms with Crippen molar-refractivity contribution in [2.75, 3.05) is 6.61 Å². The standard InChI is InChI=1S/C14H15BO3/c1-2-3-10-18-13-9-8-11-6-4-5-7-12(11)14(13)15(16)17/h2,4-9,16-17H,1,3,10H2. The van der Waals surface area contributed by atoms with E-state index in [-0.39, 0.29) is 0 Å². The molecule has 0 aliphatic rings. The molecule has 0 atom stereocenters. The Morgan fingerprint density at radius 1 is 1.17 bits per heavy atom. The lowest BCUT2D eigenvalue weighted by atomic mass is 9.76. The van der Waals surface area contributed by atoms with Gasteiger partial charge in [-0.1, -0.05) is 36.4 Å². The summed E-state index contributed by atoms with van der Waals surface area (Å²) in [6.07, 6.45) is 2.48. The minimum Gasteiger partial charge on any atom is -0.494 e. The highest BCUT2D eigenvalue weighted by atomic mass is 16.5. The van der Waals surface area contributed by atoms with Gasteiger partial charge in [-0.15, -0.1) is 6.58 Å². The zero-order chi connectivity index (χ0) is 13.0. The highest BCUT2D eigenvalue weighted by Gasteiger charge is 2.20. The summed E-state index contributed by atoms with van der Waals surface area (Å²) >= 11 is 0. The van der Waals surface area contributed by atoms with E-state index in [2.05, 4.69) is 6.58 Å². The highest BCUT2D eigenvalue weighted by Crippen LogP contribution is 2.19. The van der Waals surface area contributed by atoms with Crippen LogP contribution >= 0.6 is 0 Å². The lowest BCUT2D eigenvalue weighted by Gasteiger charge is -2.13. The molecule has 0 radical (unpaired) electrons. The van der Waals surface area contributed by atoms with Gasteiger partial charge in [-0.2, -0.15) is 0 Å². The van der Waals surface area contributed by atoms with Crippen molar-refractivity contribution in [2.24, 2.45) is 0 Å². The molecule has 0 aromatic heterocycles. The van der Waals surface area contributed by atoms with Crippen molar-refractivity contribution in [3.05, 3.63) is 49.1 Å². The Labute approximate surface area is 106 Å². The van der Waals surface area contributed by atoms with Crippen molar-refractivity contribution in [1.29, 1.82) is 0 Å². The second-order valence-corrected chi connectivity index (χ2v) is 4.00. The summed E-state index contributed by atoms with van der Waals surface area (Å²) in [6, 6.07) is 11.2. The molecule has 0 amide bonds. The van der Waals surface area contributed by atoms with Crippen LogP contribution in [0.15, 0.2) is 49.1 Å². The van der Waals surface area contributed by atoms with Gasteiger partial charge in [-0.3, -0.25) is 0 Å². The van der Waals surface area contributed by atoms with Crippen LogP contribution in [0, 0.1) is 0 Å². The number of rotatable bonds is 5. The van der Waals surface area contributed by atoms with E-state index < -0.39 is 7.12 Å². The zero-order valence-electron chi connectivity index (χ0n) is 10.0. The molecule has 4 heteroatoms. The molecule has 0 saturated carbocycles. The van der Waals surface area contributed by atoms with Gasteiger partial charge >= 0.3 is 7.12 Å². The predicted octanol–water partition coefficient (Wildman–Crippen LogP) is 1.47. The third-order valence-corrected chi connectivity index (χ3v) is 2.77. The van der Waals surface area contributed by atoms with Crippen molar-refractivity contribution < 1.29 is 14.8 Å². The lowest BCUT2D eigenvalue weighted by Crippen LogP contribution is -2.32. The van der Waals surface area contributed by atoms with Crippen molar-refractivity contribution >= 4 is 23.4 Å². The van der Waals surface area contributed by atoms with Crippen LogP contribution in [0.25, 0.3) is 10.8 Å². The van der Waals surface area contributed by atoms with Crippen LogP contribution in [0.5, 0.6) is 5.75 Å². The molecule has 92 valence electrons. The summed E-state index contributed by atoms with van der Waals surface area (Å²) in [4.78, 5) is 0. The number of hydrogen-bond donors (Lipinski definition) is 2. The molecular formula is C14H15BO3. The monoisotopic (exact) mass is 242 g/mol. The fraction of sp³-hybridized carbons (Fsp3) is 0.143. The van der Waals surface area contributed by atoms with Crippen molar-refractivity contribution in [1.82, 2.24) is 0 Å². The summed E-state index contributed by atoms with van der Waals surface area (Å²) in [5.74, 6) is 0.505. The molecule has 2 aromatic carbocycles. The molecule has 0 bridgehead atoms. The second-order valence-electron chi connectivity index (χ2n) is 4.00. The van der Waals surface area contributed by atoms with Crippen LogP contribution in [0.1, 0.15) is 6.42 Å². The molecule has 0 unspecified atom stereocenters. The second kappa shape index (κ2) is 5.71. The predicted molar refractivity (Wildman–Crippen MR) is 74.1 cm³/mol. The van der Waals surface area contributed by atoms with Gasteiger partial charge in [0, 0.05) is 5.46 Å². The normalized spacial score (nSPS) is 10.3. The van der Waals surface area contributed by atoms with Crippen molar-refractivity contribution in [3.63, 3.8) is 0 Å².